The summed E-state index contributed by atoms with van der Waals surface area (Å²) in [7, 11) is 0. The first-order chi connectivity index (χ1) is 7.04. The van der Waals surface area contributed by atoms with E-state index in [0.717, 1.165) is 6.42 Å². The van der Waals surface area contributed by atoms with Gasteiger partial charge in [-0.15, -0.1) is 11.6 Å². The first kappa shape index (κ1) is 12.3. The Kier molecular flexibility index (Phi) is 4.41. The van der Waals surface area contributed by atoms with Crippen LogP contribution in [0.1, 0.15) is 31.9 Å². The maximum Gasteiger partial charge on any atom is 0.0404 e. The Hall–Kier alpha value is -0.750. The summed E-state index contributed by atoms with van der Waals surface area (Å²) in [5, 5.41) is 0. The summed E-state index contributed by atoms with van der Waals surface area (Å²) in [6.45, 7) is 6.69. The third-order valence-electron chi connectivity index (χ3n) is 2.43. The van der Waals surface area contributed by atoms with Crippen LogP contribution in [-0.4, -0.2) is 5.88 Å². The first-order valence-electron chi connectivity index (χ1n) is 5.34. The van der Waals surface area contributed by atoms with Crippen molar-refractivity contribution >= 4 is 11.6 Å². The van der Waals surface area contributed by atoms with Gasteiger partial charge in [0.1, 0.15) is 0 Å². The zero-order valence-corrected chi connectivity index (χ0v) is 10.5. The molecule has 0 N–H and O–H groups in total. The minimum absolute atomic E-state index is 0.241. The van der Waals surface area contributed by atoms with Gasteiger partial charge < -0.3 is 0 Å². The van der Waals surface area contributed by atoms with Crippen LogP contribution in [0, 0.1) is 0 Å². The molecule has 1 rings (SSSR count). The highest BCUT2D eigenvalue weighted by molar-refractivity contribution is 6.18. The monoisotopic (exact) mass is 222 g/mol. The summed E-state index contributed by atoms with van der Waals surface area (Å²) < 4.78 is 0. The van der Waals surface area contributed by atoms with E-state index in [0.29, 0.717) is 5.88 Å². The molecule has 0 amide bonds. The van der Waals surface area contributed by atoms with Crippen molar-refractivity contribution in [2.45, 2.75) is 32.6 Å². The predicted octanol–water partition coefficient (Wildman–Crippen LogP) is 4.32. The number of hydrogen-bond acceptors (Lipinski definition) is 0. The average molecular weight is 223 g/mol. The molecule has 0 atom stereocenters. The van der Waals surface area contributed by atoms with E-state index in [2.05, 4.69) is 51.1 Å². The third kappa shape index (κ3) is 4.09. The van der Waals surface area contributed by atoms with E-state index in [1.54, 1.807) is 0 Å². The molecule has 1 heteroatoms. The molecule has 0 aromatic heterocycles. The van der Waals surface area contributed by atoms with Gasteiger partial charge in [0.25, 0.3) is 0 Å². The highest BCUT2D eigenvalue weighted by Crippen LogP contribution is 2.22. The Morgan fingerprint density at radius 1 is 1.07 bits per heavy atom. The fourth-order valence-corrected chi connectivity index (χ4v) is 1.55. The first-order valence-corrected chi connectivity index (χ1v) is 5.88. The average Bonchev–Trinajstić information content (AvgIpc) is 2.18. The van der Waals surface area contributed by atoms with Crippen LogP contribution in [-0.2, 0) is 11.8 Å². The van der Waals surface area contributed by atoms with Crippen molar-refractivity contribution in [3.8, 4) is 0 Å². The van der Waals surface area contributed by atoms with Crippen LogP contribution in [0.4, 0.5) is 0 Å². The van der Waals surface area contributed by atoms with Crippen molar-refractivity contribution in [1.29, 1.82) is 0 Å². The second-order valence-corrected chi connectivity index (χ2v) is 5.09. The lowest BCUT2D eigenvalue weighted by molar-refractivity contribution is 0.590. The van der Waals surface area contributed by atoms with E-state index < -0.39 is 0 Å². The number of halogens is 1. The molecule has 0 radical (unpaired) electrons. The lowest BCUT2D eigenvalue weighted by atomic mass is 9.86. The van der Waals surface area contributed by atoms with Crippen molar-refractivity contribution in [2.24, 2.45) is 0 Å². The summed E-state index contributed by atoms with van der Waals surface area (Å²) in [6.07, 6.45) is 5.06. The van der Waals surface area contributed by atoms with E-state index in [-0.39, 0.29) is 5.41 Å². The van der Waals surface area contributed by atoms with Gasteiger partial charge in [-0.05, 0) is 23.0 Å². The maximum absolute atomic E-state index is 5.57. The summed E-state index contributed by atoms with van der Waals surface area (Å²) in [5.41, 5.74) is 2.96. The Bertz CT molecular complexity index is 314. The van der Waals surface area contributed by atoms with E-state index in [9.17, 15) is 0 Å². The second-order valence-electron chi connectivity index (χ2n) is 4.78. The molecule has 82 valence electrons. The molecule has 1 aromatic carbocycles. The highest BCUT2D eigenvalue weighted by Gasteiger charge is 2.12. The number of rotatable bonds is 3. The molecule has 0 aliphatic carbocycles. The van der Waals surface area contributed by atoms with Crippen LogP contribution >= 0.6 is 11.6 Å². The molecule has 0 heterocycles. The summed E-state index contributed by atoms with van der Waals surface area (Å²) in [4.78, 5) is 0. The molecule has 0 saturated carbocycles. The zero-order valence-electron chi connectivity index (χ0n) is 9.76. The number of benzene rings is 1. The van der Waals surface area contributed by atoms with Gasteiger partial charge in [-0.3, -0.25) is 0 Å². The van der Waals surface area contributed by atoms with Crippen LogP contribution in [0.3, 0.4) is 0 Å². The predicted molar refractivity (Wildman–Crippen MR) is 68.7 cm³/mol. The zero-order chi connectivity index (χ0) is 11.3. The molecule has 0 spiro atoms. The number of allylic oxidation sites excluding steroid dienone is 2. The minimum atomic E-state index is 0.241. The van der Waals surface area contributed by atoms with Crippen molar-refractivity contribution in [3.05, 3.63) is 47.5 Å². The van der Waals surface area contributed by atoms with Gasteiger partial charge in [-0.2, -0.15) is 0 Å². The van der Waals surface area contributed by atoms with Gasteiger partial charge in [0.2, 0.25) is 0 Å². The van der Waals surface area contributed by atoms with Crippen molar-refractivity contribution in [1.82, 2.24) is 0 Å². The van der Waals surface area contributed by atoms with Crippen LogP contribution in [0.5, 0.6) is 0 Å². The molecule has 15 heavy (non-hydrogen) atoms. The molecule has 1 aromatic rings. The fraction of sp³-hybridized carbons (Fsp3) is 0.429. The standard InChI is InChI=1S/C14H19Cl/c1-14(2,3)13-9-7-12(8-10-13)6-4-5-11-15/h4-5,7-10H,6,11H2,1-3H3/b5-4+. The van der Waals surface area contributed by atoms with E-state index in [1.807, 2.05) is 6.08 Å². The summed E-state index contributed by atoms with van der Waals surface area (Å²) in [6, 6.07) is 8.81. The van der Waals surface area contributed by atoms with E-state index >= 15 is 0 Å². The van der Waals surface area contributed by atoms with E-state index in [1.165, 1.54) is 11.1 Å². The largest absolute Gasteiger partial charge is 0.122 e. The van der Waals surface area contributed by atoms with Gasteiger partial charge in [0, 0.05) is 5.88 Å². The maximum atomic E-state index is 5.57. The Morgan fingerprint density at radius 3 is 2.13 bits per heavy atom. The molecule has 0 aliphatic heterocycles. The van der Waals surface area contributed by atoms with Crippen molar-refractivity contribution < 1.29 is 0 Å². The van der Waals surface area contributed by atoms with Crippen molar-refractivity contribution in [3.63, 3.8) is 0 Å². The Labute approximate surface area is 98.0 Å². The number of alkyl halides is 1. The van der Waals surface area contributed by atoms with E-state index in [4.69, 9.17) is 11.6 Å². The van der Waals surface area contributed by atoms with Gasteiger partial charge >= 0.3 is 0 Å². The Balaban J connectivity index is 2.69. The Morgan fingerprint density at radius 2 is 1.67 bits per heavy atom. The molecule has 0 saturated heterocycles. The molecule has 0 nitrogen and oxygen atoms in total. The van der Waals surface area contributed by atoms with Crippen LogP contribution in [0.25, 0.3) is 0 Å². The smallest absolute Gasteiger partial charge is 0.0404 e. The van der Waals surface area contributed by atoms with Gasteiger partial charge in [-0.25, -0.2) is 0 Å². The lowest BCUT2D eigenvalue weighted by Gasteiger charge is -2.18. The van der Waals surface area contributed by atoms with Gasteiger partial charge in [0.05, 0.1) is 0 Å². The third-order valence-corrected chi connectivity index (χ3v) is 2.61. The topological polar surface area (TPSA) is 0 Å². The van der Waals surface area contributed by atoms with Crippen LogP contribution in [0.15, 0.2) is 36.4 Å². The molecular formula is C14H19Cl. The SMILES string of the molecule is CC(C)(C)c1ccc(C/C=C/CCl)cc1. The molecular weight excluding hydrogens is 204 g/mol. The normalized spacial score (nSPS) is 12.3. The van der Waals surface area contributed by atoms with Gasteiger partial charge in [-0.1, -0.05) is 57.2 Å². The minimum Gasteiger partial charge on any atom is -0.122 e. The van der Waals surface area contributed by atoms with Crippen LogP contribution in [0.2, 0.25) is 0 Å². The second kappa shape index (κ2) is 5.37. The number of hydrogen-bond donors (Lipinski definition) is 0. The molecule has 0 aliphatic rings. The summed E-state index contributed by atoms with van der Waals surface area (Å²) >= 11 is 5.57. The van der Waals surface area contributed by atoms with Crippen LogP contribution < -0.4 is 0 Å². The fourth-order valence-electron chi connectivity index (χ4n) is 1.42. The lowest BCUT2D eigenvalue weighted by Crippen LogP contribution is -2.10. The quantitative estimate of drug-likeness (QED) is 0.528. The van der Waals surface area contributed by atoms with Gasteiger partial charge in [0.15, 0.2) is 0 Å². The van der Waals surface area contributed by atoms with Crippen molar-refractivity contribution in [2.75, 3.05) is 5.88 Å². The summed E-state index contributed by atoms with van der Waals surface area (Å²) in [5.74, 6) is 0.597. The highest BCUT2D eigenvalue weighted by atomic mass is 35.5. The molecule has 0 unspecified atom stereocenters. The molecule has 0 fully saturated rings. The molecule has 0 bridgehead atoms.